The van der Waals surface area contributed by atoms with Gasteiger partial charge in [0.15, 0.2) is 0 Å². The van der Waals surface area contributed by atoms with Crippen molar-refractivity contribution in [3.05, 3.63) is 105 Å². The number of carbonyl (C=O) groups is 1. The molecule has 0 aliphatic rings. The van der Waals surface area contributed by atoms with Gasteiger partial charge in [0, 0.05) is 11.6 Å². The van der Waals surface area contributed by atoms with E-state index < -0.39 is 11.4 Å². The van der Waals surface area contributed by atoms with Crippen LogP contribution in [0.4, 0.5) is 0 Å². The predicted molar refractivity (Wildman–Crippen MR) is 152 cm³/mol. The van der Waals surface area contributed by atoms with Gasteiger partial charge in [-0.15, -0.1) is 11.6 Å². The number of carbonyl (C=O) groups excluding carboxylic acids is 1. The number of hydrogen-bond donors (Lipinski definition) is 0. The highest BCUT2D eigenvalue weighted by atomic mass is 35.5. The molecule has 0 aliphatic carbocycles. The van der Waals surface area contributed by atoms with Crippen molar-refractivity contribution in [3.8, 4) is 5.69 Å². The molecule has 3 aromatic carbocycles. The van der Waals surface area contributed by atoms with Crippen molar-refractivity contribution < 1.29 is 4.79 Å². The van der Waals surface area contributed by atoms with Crippen LogP contribution < -0.4 is 5.56 Å². The summed E-state index contributed by atoms with van der Waals surface area (Å²) in [5.41, 5.74) is 2.49. The number of aromatic nitrogens is 2. The molecule has 37 heavy (non-hydrogen) atoms. The SMILES string of the molecule is Cc1c(Cl)cccc1-n1c(C(C)N(CCC(C)C)C(=O)C(Cl)c2ccccc2)nc2ccccc2c1=O. The maximum atomic E-state index is 13.9. The molecule has 7 heteroatoms. The molecule has 2 unspecified atom stereocenters. The highest BCUT2D eigenvalue weighted by molar-refractivity contribution is 6.31. The first kappa shape index (κ1) is 26.9. The second-order valence-electron chi connectivity index (χ2n) is 9.68. The molecule has 0 spiro atoms. The number of para-hydroxylation sites is 1. The summed E-state index contributed by atoms with van der Waals surface area (Å²) in [5, 5.41) is 0.190. The minimum absolute atomic E-state index is 0.209. The lowest BCUT2D eigenvalue weighted by Crippen LogP contribution is -2.40. The first-order valence-corrected chi connectivity index (χ1v) is 13.3. The lowest BCUT2D eigenvalue weighted by molar-refractivity contribution is -0.133. The number of rotatable bonds is 8. The van der Waals surface area contributed by atoms with Gasteiger partial charge in [-0.3, -0.25) is 14.2 Å². The molecular formula is C30H31Cl2N3O2. The van der Waals surface area contributed by atoms with E-state index >= 15 is 0 Å². The largest absolute Gasteiger partial charge is 0.331 e. The summed E-state index contributed by atoms with van der Waals surface area (Å²) in [6.07, 6.45) is 0.780. The molecule has 1 amide bonds. The molecule has 0 bridgehead atoms. The van der Waals surface area contributed by atoms with E-state index in [1.54, 1.807) is 21.6 Å². The van der Waals surface area contributed by atoms with Crippen LogP contribution in [0.25, 0.3) is 16.6 Å². The maximum Gasteiger partial charge on any atom is 0.266 e. The highest BCUT2D eigenvalue weighted by Crippen LogP contribution is 2.31. The summed E-state index contributed by atoms with van der Waals surface area (Å²) in [4.78, 5) is 34.4. The maximum absolute atomic E-state index is 13.9. The second-order valence-corrected chi connectivity index (χ2v) is 10.5. The molecular weight excluding hydrogens is 505 g/mol. The Morgan fingerprint density at radius 2 is 1.65 bits per heavy atom. The fourth-order valence-corrected chi connectivity index (χ4v) is 4.88. The number of halogens is 2. The van der Waals surface area contributed by atoms with E-state index in [0.717, 1.165) is 17.5 Å². The Morgan fingerprint density at radius 3 is 2.35 bits per heavy atom. The van der Waals surface area contributed by atoms with Gasteiger partial charge in [0.1, 0.15) is 11.2 Å². The van der Waals surface area contributed by atoms with Crippen LogP contribution in [0.5, 0.6) is 0 Å². The molecule has 5 nitrogen and oxygen atoms in total. The Balaban J connectivity index is 1.90. The average Bonchev–Trinajstić information content (AvgIpc) is 2.90. The molecule has 0 saturated heterocycles. The Kier molecular flexibility index (Phi) is 8.35. The van der Waals surface area contributed by atoms with Gasteiger partial charge in [-0.05, 0) is 61.6 Å². The smallest absolute Gasteiger partial charge is 0.266 e. The van der Waals surface area contributed by atoms with Gasteiger partial charge in [0.25, 0.3) is 5.56 Å². The summed E-state index contributed by atoms with van der Waals surface area (Å²) in [5.74, 6) is 0.607. The molecule has 4 aromatic rings. The van der Waals surface area contributed by atoms with E-state index in [2.05, 4.69) is 13.8 Å². The van der Waals surface area contributed by atoms with E-state index in [1.807, 2.05) is 74.5 Å². The Hall–Kier alpha value is -3.15. The molecule has 1 aromatic heterocycles. The molecule has 0 N–H and O–H groups in total. The minimum Gasteiger partial charge on any atom is -0.331 e. The fourth-order valence-electron chi connectivity index (χ4n) is 4.44. The molecule has 192 valence electrons. The zero-order chi connectivity index (χ0) is 26.7. The number of nitrogens with zero attached hydrogens (tertiary/aromatic N) is 3. The highest BCUT2D eigenvalue weighted by Gasteiger charge is 2.31. The molecule has 2 atom stereocenters. The molecule has 4 rings (SSSR count). The van der Waals surface area contributed by atoms with Crippen LogP contribution in [0.1, 0.15) is 55.6 Å². The zero-order valence-electron chi connectivity index (χ0n) is 21.5. The van der Waals surface area contributed by atoms with Gasteiger partial charge in [-0.25, -0.2) is 4.98 Å². The summed E-state index contributed by atoms with van der Waals surface area (Å²) in [6, 6.07) is 21.5. The van der Waals surface area contributed by atoms with Crippen molar-refractivity contribution in [1.82, 2.24) is 14.5 Å². The Labute approximate surface area is 227 Å². The van der Waals surface area contributed by atoms with Gasteiger partial charge in [0.05, 0.1) is 22.6 Å². The third-order valence-electron chi connectivity index (χ3n) is 6.66. The number of fused-ring (bicyclic) bond motifs is 1. The van der Waals surface area contributed by atoms with Crippen molar-refractivity contribution in [1.29, 1.82) is 0 Å². The monoisotopic (exact) mass is 535 g/mol. The number of hydrogen-bond acceptors (Lipinski definition) is 3. The normalized spacial score (nSPS) is 13.1. The van der Waals surface area contributed by atoms with Gasteiger partial charge in [0.2, 0.25) is 5.91 Å². The van der Waals surface area contributed by atoms with E-state index in [4.69, 9.17) is 28.2 Å². The lowest BCUT2D eigenvalue weighted by atomic mass is 10.1. The summed E-state index contributed by atoms with van der Waals surface area (Å²) >= 11 is 13.2. The van der Waals surface area contributed by atoms with Crippen LogP contribution in [0.2, 0.25) is 5.02 Å². The molecule has 0 radical (unpaired) electrons. The Bertz CT molecular complexity index is 1470. The number of alkyl halides is 1. The van der Waals surface area contributed by atoms with Crippen molar-refractivity contribution >= 4 is 40.0 Å². The third-order valence-corrected chi connectivity index (χ3v) is 7.51. The van der Waals surface area contributed by atoms with Crippen LogP contribution in [0.3, 0.4) is 0 Å². The summed E-state index contributed by atoms with van der Waals surface area (Å²) in [7, 11) is 0. The van der Waals surface area contributed by atoms with E-state index in [1.165, 1.54) is 0 Å². The molecule has 1 heterocycles. The van der Waals surface area contributed by atoms with Gasteiger partial charge < -0.3 is 4.90 Å². The van der Waals surface area contributed by atoms with Crippen LogP contribution in [0, 0.1) is 12.8 Å². The lowest BCUT2D eigenvalue weighted by Gasteiger charge is -2.33. The van der Waals surface area contributed by atoms with Crippen LogP contribution in [0.15, 0.2) is 77.6 Å². The quantitative estimate of drug-likeness (QED) is 0.223. The zero-order valence-corrected chi connectivity index (χ0v) is 23.0. The minimum atomic E-state index is -0.857. The molecule has 0 aliphatic heterocycles. The standard InChI is InChI=1S/C30H31Cl2N3O2/c1-19(2)17-18-34(30(37)27(32)22-11-6-5-7-12-22)21(4)28-33-25-15-9-8-13-23(25)29(36)35(28)26-16-10-14-24(31)20(26)3/h5-16,19,21,27H,17-18H2,1-4H3. The van der Waals surface area contributed by atoms with Gasteiger partial charge >= 0.3 is 0 Å². The third kappa shape index (κ3) is 5.58. The van der Waals surface area contributed by atoms with Crippen molar-refractivity contribution in [3.63, 3.8) is 0 Å². The van der Waals surface area contributed by atoms with Crippen LogP contribution in [-0.2, 0) is 4.79 Å². The number of amides is 1. The molecule has 0 fully saturated rings. The van der Waals surface area contributed by atoms with E-state index in [-0.39, 0.29) is 11.5 Å². The predicted octanol–water partition coefficient (Wildman–Crippen LogP) is 7.26. The average molecular weight is 537 g/mol. The van der Waals surface area contributed by atoms with E-state index in [9.17, 15) is 9.59 Å². The van der Waals surface area contributed by atoms with Crippen molar-refractivity contribution in [2.45, 2.75) is 45.5 Å². The summed E-state index contributed by atoms with van der Waals surface area (Å²) in [6.45, 7) is 8.48. The fraction of sp³-hybridized carbons (Fsp3) is 0.300. The molecule has 0 saturated carbocycles. The van der Waals surface area contributed by atoms with Crippen molar-refractivity contribution in [2.75, 3.05) is 6.54 Å². The van der Waals surface area contributed by atoms with Gasteiger partial charge in [-0.1, -0.05) is 74.0 Å². The summed E-state index contributed by atoms with van der Waals surface area (Å²) < 4.78 is 1.59. The van der Waals surface area contributed by atoms with E-state index in [0.29, 0.717) is 39.9 Å². The van der Waals surface area contributed by atoms with Crippen LogP contribution >= 0.6 is 23.2 Å². The number of benzene rings is 3. The first-order valence-electron chi connectivity index (χ1n) is 12.5. The van der Waals surface area contributed by atoms with Crippen molar-refractivity contribution in [2.24, 2.45) is 5.92 Å². The first-order chi connectivity index (χ1) is 17.7. The Morgan fingerprint density at radius 1 is 0.973 bits per heavy atom. The second kappa shape index (κ2) is 11.5. The van der Waals surface area contributed by atoms with Crippen LogP contribution in [-0.4, -0.2) is 26.9 Å². The van der Waals surface area contributed by atoms with Gasteiger partial charge in [-0.2, -0.15) is 0 Å². The topological polar surface area (TPSA) is 55.2 Å².